The molecule has 0 bridgehead atoms. The van der Waals surface area contributed by atoms with Crippen LogP contribution in [0.4, 0.5) is 0 Å². The molecule has 0 aliphatic carbocycles. The van der Waals surface area contributed by atoms with E-state index < -0.39 is 16.1 Å². The highest BCUT2D eigenvalue weighted by atomic mass is 32.2. The van der Waals surface area contributed by atoms with E-state index in [1.807, 2.05) is 32.9 Å². The van der Waals surface area contributed by atoms with Gasteiger partial charge in [-0.05, 0) is 42.5 Å². The Morgan fingerprint density at radius 3 is 2.50 bits per heavy atom. The first kappa shape index (κ1) is 20.2. The van der Waals surface area contributed by atoms with E-state index in [0.29, 0.717) is 12.2 Å². The number of hydrogen-bond donors (Lipinski definition) is 2. The number of rotatable bonds is 9. The van der Waals surface area contributed by atoms with Crippen LogP contribution in [-0.4, -0.2) is 20.4 Å². The number of amides is 1. The van der Waals surface area contributed by atoms with Crippen LogP contribution in [0.2, 0.25) is 0 Å². The second-order valence-corrected chi connectivity index (χ2v) is 8.54. The molecule has 0 saturated heterocycles. The Morgan fingerprint density at radius 2 is 1.88 bits per heavy atom. The van der Waals surface area contributed by atoms with Crippen LogP contribution in [0.1, 0.15) is 37.2 Å². The molecule has 6 nitrogen and oxygen atoms in total. The van der Waals surface area contributed by atoms with Crippen molar-refractivity contribution in [3.63, 3.8) is 0 Å². The van der Waals surface area contributed by atoms with Gasteiger partial charge in [0, 0.05) is 0 Å². The molecule has 0 fully saturated rings. The smallest absolute Gasteiger partial charge is 0.238 e. The summed E-state index contributed by atoms with van der Waals surface area (Å²) in [5, 5.41) is 2.73. The van der Waals surface area contributed by atoms with Gasteiger partial charge in [0.15, 0.2) is 0 Å². The first-order valence-corrected chi connectivity index (χ1v) is 10.3. The lowest BCUT2D eigenvalue weighted by Gasteiger charge is -2.20. The van der Waals surface area contributed by atoms with Crippen molar-refractivity contribution < 1.29 is 17.6 Å². The van der Waals surface area contributed by atoms with E-state index in [1.165, 1.54) is 6.26 Å². The van der Waals surface area contributed by atoms with E-state index in [1.54, 1.807) is 24.3 Å². The summed E-state index contributed by atoms with van der Waals surface area (Å²) in [4.78, 5) is 12.5. The SMILES string of the molecule is Cc1ccccc1CS(=O)(=O)N[C@@H](CC(C)C)C(=O)NCc1ccco1. The van der Waals surface area contributed by atoms with Gasteiger partial charge in [-0.1, -0.05) is 38.1 Å². The third kappa shape index (κ3) is 6.31. The molecule has 1 aromatic heterocycles. The van der Waals surface area contributed by atoms with E-state index in [0.717, 1.165) is 11.1 Å². The predicted octanol–water partition coefficient (Wildman–Crippen LogP) is 2.74. The van der Waals surface area contributed by atoms with Crippen molar-refractivity contribution in [1.82, 2.24) is 10.0 Å². The van der Waals surface area contributed by atoms with Gasteiger partial charge in [0.1, 0.15) is 11.8 Å². The minimum atomic E-state index is -3.65. The molecule has 2 rings (SSSR count). The quantitative estimate of drug-likeness (QED) is 0.702. The Morgan fingerprint density at radius 1 is 1.15 bits per heavy atom. The molecule has 1 aromatic carbocycles. The maximum atomic E-state index is 12.6. The lowest BCUT2D eigenvalue weighted by atomic mass is 10.0. The normalized spacial score (nSPS) is 12.9. The van der Waals surface area contributed by atoms with Crippen LogP contribution in [0.15, 0.2) is 47.1 Å². The van der Waals surface area contributed by atoms with E-state index in [4.69, 9.17) is 4.42 Å². The van der Waals surface area contributed by atoms with Gasteiger partial charge in [0.25, 0.3) is 0 Å². The second-order valence-electron chi connectivity index (χ2n) is 6.78. The van der Waals surface area contributed by atoms with Crippen LogP contribution in [0.3, 0.4) is 0 Å². The zero-order valence-corrected chi connectivity index (χ0v) is 16.2. The third-order valence-electron chi connectivity index (χ3n) is 3.97. The summed E-state index contributed by atoms with van der Waals surface area (Å²) in [6, 6.07) is 9.98. The molecule has 0 radical (unpaired) electrons. The molecular formula is C19H26N2O4S. The highest BCUT2D eigenvalue weighted by Crippen LogP contribution is 2.13. The van der Waals surface area contributed by atoms with Crippen molar-refractivity contribution in [2.75, 3.05) is 0 Å². The van der Waals surface area contributed by atoms with Crippen molar-refractivity contribution in [3.05, 3.63) is 59.5 Å². The molecule has 0 unspecified atom stereocenters. The fraction of sp³-hybridized carbons (Fsp3) is 0.421. The molecule has 1 heterocycles. The largest absolute Gasteiger partial charge is 0.467 e. The Bertz CT molecular complexity index is 814. The lowest BCUT2D eigenvalue weighted by molar-refractivity contribution is -0.123. The molecule has 0 aliphatic heterocycles. The van der Waals surface area contributed by atoms with Crippen LogP contribution >= 0.6 is 0 Å². The summed E-state index contributed by atoms with van der Waals surface area (Å²) >= 11 is 0. The van der Waals surface area contributed by atoms with Gasteiger partial charge in [-0.25, -0.2) is 13.1 Å². The molecule has 142 valence electrons. The zero-order valence-electron chi connectivity index (χ0n) is 15.4. The molecule has 2 N–H and O–H groups in total. The lowest BCUT2D eigenvalue weighted by Crippen LogP contribution is -2.47. The number of sulfonamides is 1. The van der Waals surface area contributed by atoms with Gasteiger partial charge in [0.2, 0.25) is 15.9 Å². The molecule has 7 heteroatoms. The van der Waals surface area contributed by atoms with Gasteiger partial charge in [-0.15, -0.1) is 0 Å². The second kappa shape index (κ2) is 9.00. The number of carbonyl (C=O) groups is 1. The third-order valence-corrected chi connectivity index (χ3v) is 5.30. The van der Waals surface area contributed by atoms with E-state index in [-0.39, 0.29) is 24.1 Å². The first-order chi connectivity index (χ1) is 12.3. The number of benzene rings is 1. The van der Waals surface area contributed by atoms with Crippen LogP contribution < -0.4 is 10.0 Å². The van der Waals surface area contributed by atoms with Gasteiger partial charge in [-0.2, -0.15) is 0 Å². The molecule has 0 spiro atoms. The monoisotopic (exact) mass is 378 g/mol. The Kier molecular flexibility index (Phi) is 6.99. The van der Waals surface area contributed by atoms with Gasteiger partial charge >= 0.3 is 0 Å². The number of hydrogen-bond acceptors (Lipinski definition) is 4. The summed E-state index contributed by atoms with van der Waals surface area (Å²) in [5.74, 6) is 0.267. The number of nitrogens with one attached hydrogen (secondary N) is 2. The Balaban J connectivity index is 2.05. The first-order valence-electron chi connectivity index (χ1n) is 8.61. The van der Waals surface area contributed by atoms with Crippen molar-refractivity contribution in [3.8, 4) is 0 Å². The maximum absolute atomic E-state index is 12.6. The highest BCUT2D eigenvalue weighted by molar-refractivity contribution is 7.88. The molecule has 0 saturated carbocycles. The predicted molar refractivity (Wildman–Crippen MR) is 101 cm³/mol. The average molecular weight is 378 g/mol. The fourth-order valence-corrected chi connectivity index (χ4v) is 4.08. The summed E-state index contributed by atoms with van der Waals surface area (Å²) in [6.07, 6.45) is 1.94. The topological polar surface area (TPSA) is 88.4 Å². The van der Waals surface area contributed by atoms with Crippen LogP contribution in [-0.2, 0) is 27.1 Å². The van der Waals surface area contributed by atoms with Gasteiger partial charge in [-0.3, -0.25) is 4.79 Å². The molecular weight excluding hydrogens is 352 g/mol. The summed E-state index contributed by atoms with van der Waals surface area (Å²) in [6.45, 7) is 5.98. The van der Waals surface area contributed by atoms with E-state index in [9.17, 15) is 13.2 Å². The van der Waals surface area contributed by atoms with Crippen molar-refractivity contribution >= 4 is 15.9 Å². The van der Waals surface area contributed by atoms with E-state index >= 15 is 0 Å². The van der Waals surface area contributed by atoms with Crippen molar-refractivity contribution in [2.45, 2.75) is 45.5 Å². The number of aryl methyl sites for hydroxylation is 1. The fourth-order valence-electron chi connectivity index (χ4n) is 2.63. The van der Waals surface area contributed by atoms with Gasteiger partial charge in [0.05, 0.1) is 18.6 Å². The average Bonchev–Trinajstić information content (AvgIpc) is 3.07. The molecule has 1 atom stereocenters. The molecule has 0 aliphatic rings. The summed E-state index contributed by atoms with van der Waals surface area (Å²) in [7, 11) is -3.65. The Hall–Kier alpha value is -2.12. The Labute approximate surface area is 155 Å². The zero-order chi connectivity index (χ0) is 19.2. The van der Waals surface area contributed by atoms with Gasteiger partial charge < -0.3 is 9.73 Å². The number of furan rings is 1. The molecule has 2 aromatic rings. The molecule has 1 amide bonds. The van der Waals surface area contributed by atoms with Crippen LogP contribution in [0.5, 0.6) is 0 Å². The standard InChI is InChI=1S/C19H26N2O4S/c1-14(2)11-18(19(22)20-12-17-9-6-10-25-17)21-26(23,24)13-16-8-5-4-7-15(16)3/h4-10,14,18,21H,11-13H2,1-3H3,(H,20,22)/t18-/m0/s1. The minimum absolute atomic E-state index is 0.153. The maximum Gasteiger partial charge on any atom is 0.238 e. The summed E-state index contributed by atoms with van der Waals surface area (Å²) < 4.78 is 32.9. The highest BCUT2D eigenvalue weighted by Gasteiger charge is 2.25. The minimum Gasteiger partial charge on any atom is -0.467 e. The summed E-state index contributed by atoms with van der Waals surface area (Å²) in [5.41, 5.74) is 1.62. The number of carbonyl (C=O) groups excluding carboxylic acids is 1. The van der Waals surface area contributed by atoms with Crippen molar-refractivity contribution in [2.24, 2.45) is 5.92 Å². The van der Waals surface area contributed by atoms with Crippen molar-refractivity contribution in [1.29, 1.82) is 0 Å². The van der Waals surface area contributed by atoms with Crippen LogP contribution in [0, 0.1) is 12.8 Å². The van der Waals surface area contributed by atoms with Crippen LogP contribution in [0.25, 0.3) is 0 Å². The molecule has 26 heavy (non-hydrogen) atoms. The van der Waals surface area contributed by atoms with E-state index in [2.05, 4.69) is 10.0 Å².